The zero-order valence-electron chi connectivity index (χ0n) is 21.6. The van der Waals surface area contributed by atoms with Crippen molar-refractivity contribution < 1.29 is 18.4 Å². The van der Waals surface area contributed by atoms with Gasteiger partial charge < -0.3 is 15.2 Å². The van der Waals surface area contributed by atoms with Crippen LogP contribution in [-0.2, 0) is 16.6 Å². The molecule has 196 valence electrons. The number of H-pyrrole nitrogens is 1. The summed E-state index contributed by atoms with van der Waals surface area (Å²) in [5.41, 5.74) is 3.00. The molecule has 8 heteroatoms. The number of rotatable bonds is 5. The van der Waals surface area contributed by atoms with Crippen molar-refractivity contribution >= 4 is 22.8 Å². The Balaban J connectivity index is 1.38. The lowest BCUT2D eigenvalue weighted by Gasteiger charge is -2.33. The van der Waals surface area contributed by atoms with E-state index in [0.29, 0.717) is 37.9 Å². The molecule has 6 nitrogen and oxygen atoms in total. The number of hydrogen-bond donors (Lipinski definition) is 2. The van der Waals surface area contributed by atoms with Crippen molar-refractivity contribution in [3.63, 3.8) is 0 Å². The number of nitrogens with one attached hydrogen (secondary N) is 2. The molecule has 36 heavy (non-hydrogen) atoms. The molecule has 2 N–H and O–H groups in total. The van der Waals surface area contributed by atoms with Gasteiger partial charge in [-0.1, -0.05) is 20.8 Å². The van der Waals surface area contributed by atoms with E-state index in [1.54, 1.807) is 0 Å². The zero-order valence-corrected chi connectivity index (χ0v) is 21.6. The molecule has 3 fully saturated rings. The second-order valence-electron chi connectivity index (χ2n) is 12.2. The molecule has 2 aromatic rings. The number of imidazole rings is 1. The van der Waals surface area contributed by atoms with Crippen LogP contribution in [0.3, 0.4) is 0 Å². The third-order valence-corrected chi connectivity index (χ3v) is 8.11. The molecule has 1 aliphatic heterocycles. The predicted octanol–water partition coefficient (Wildman–Crippen LogP) is 5.36. The van der Waals surface area contributed by atoms with E-state index < -0.39 is 5.92 Å². The van der Waals surface area contributed by atoms with Crippen LogP contribution in [0, 0.1) is 11.8 Å². The average Bonchev–Trinajstić information content (AvgIpc) is 3.58. The van der Waals surface area contributed by atoms with Crippen molar-refractivity contribution in [3.05, 3.63) is 29.1 Å². The molecule has 2 saturated carbocycles. The van der Waals surface area contributed by atoms with Gasteiger partial charge in [0.05, 0.1) is 11.0 Å². The Bertz CT molecular complexity index is 1130. The van der Waals surface area contributed by atoms with Crippen LogP contribution in [0.15, 0.2) is 12.1 Å². The summed E-state index contributed by atoms with van der Waals surface area (Å²) in [7, 11) is 0. The van der Waals surface area contributed by atoms with Crippen LogP contribution in [0.25, 0.3) is 11.0 Å². The van der Waals surface area contributed by atoms with Crippen LogP contribution in [0.1, 0.15) is 93.9 Å². The number of carbonyl (C=O) groups excluding carboxylic acids is 2. The van der Waals surface area contributed by atoms with Crippen molar-refractivity contribution in [2.45, 2.75) is 95.9 Å². The van der Waals surface area contributed by atoms with E-state index in [0.717, 1.165) is 48.1 Å². The minimum atomic E-state index is -2.58. The summed E-state index contributed by atoms with van der Waals surface area (Å²) in [5.74, 6) is -1.30. The van der Waals surface area contributed by atoms with Crippen LogP contribution in [0.4, 0.5) is 8.78 Å². The third-order valence-electron chi connectivity index (χ3n) is 8.11. The molecule has 0 unspecified atom stereocenters. The molecule has 0 bridgehead atoms. The summed E-state index contributed by atoms with van der Waals surface area (Å²) in [6.45, 7) is 7.45. The highest BCUT2D eigenvalue weighted by atomic mass is 19.3. The first-order valence-corrected chi connectivity index (χ1v) is 13.5. The number of hydrogen-bond acceptors (Lipinski definition) is 3. The molecule has 0 radical (unpaired) electrons. The third kappa shape index (κ3) is 5.42. The number of aromatic amines is 1. The highest BCUT2D eigenvalue weighted by Crippen LogP contribution is 2.39. The van der Waals surface area contributed by atoms with Crippen molar-refractivity contribution in [1.82, 2.24) is 20.2 Å². The molecule has 1 saturated heterocycles. The maximum Gasteiger partial charge on any atom is 0.254 e. The summed E-state index contributed by atoms with van der Waals surface area (Å²) in [6, 6.07) is 3.92. The van der Waals surface area contributed by atoms with Gasteiger partial charge in [-0.05, 0) is 68.6 Å². The molecule has 3 aliphatic rings. The van der Waals surface area contributed by atoms with E-state index in [1.807, 2.05) is 17.0 Å². The van der Waals surface area contributed by atoms with Gasteiger partial charge in [0.1, 0.15) is 5.82 Å². The Kier molecular flexibility index (Phi) is 6.58. The molecule has 0 spiro atoms. The molecule has 5 rings (SSSR count). The Morgan fingerprint density at radius 3 is 2.36 bits per heavy atom. The van der Waals surface area contributed by atoms with Gasteiger partial charge in [-0.15, -0.1) is 0 Å². The zero-order chi connectivity index (χ0) is 25.7. The first-order valence-electron chi connectivity index (χ1n) is 13.5. The monoisotopic (exact) mass is 500 g/mol. The second kappa shape index (κ2) is 9.42. The maximum absolute atomic E-state index is 13.8. The fraction of sp³-hybridized carbons (Fsp3) is 0.679. The van der Waals surface area contributed by atoms with Crippen LogP contribution in [0.2, 0.25) is 0 Å². The Hall–Kier alpha value is -2.51. The topological polar surface area (TPSA) is 78.1 Å². The van der Waals surface area contributed by atoms with Gasteiger partial charge in [-0.2, -0.15) is 0 Å². The minimum Gasteiger partial charge on any atom is -0.353 e. The van der Waals surface area contributed by atoms with Crippen molar-refractivity contribution in [1.29, 1.82) is 0 Å². The Labute approximate surface area is 211 Å². The number of aromatic nitrogens is 2. The van der Waals surface area contributed by atoms with Crippen molar-refractivity contribution in [2.75, 3.05) is 13.1 Å². The van der Waals surface area contributed by atoms with E-state index in [9.17, 15) is 18.4 Å². The summed E-state index contributed by atoms with van der Waals surface area (Å²) in [4.78, 5) is 36.1. The Morgan fingerprint density at radius 2 is 1.75 bits per heavy atom. The number of fused-ring (bicyclic) bond motifs is 1. The standard InChI is InChI=1S/C28H38F2N4O2/c1-27(2,3)26-32-22-7-6-20(21(23(22)33-26)16-17-8-12-28(29,30)13-9-17)25(36)34-14-10-19(11-15-34)31-24(35)18-4-5-18/h6-7,17-19H,4-5,8-16H2,1-3H3,(H,31,35)(H,32,33). The lowest BCUT2D eigenvalue weighted by molar-refractivity contribution is -0.123. The highest BCUT2D eigenvalue weighted by Gasteiger charge is 2.36. The number of benzene rings is 1. The number of halogens is 2. The normalized spacial score (nSPS) is 21.6. The van der Waals surface area contributed by atoms with Crippen molar-refractivity contribution in [2.24, 2.45) is 11.8 Å². The van der Waals surface area contributed by atoms with E-state index in [4.69, 9.17) is 4.98 Å². The molecule has 0 atom stereocenters. The molecular weight excluding hydrogens is 462 g/mol. The lowest BCUT2D eigenvalue weighted by atomic mass is 9.81. The average molecular weight is 501 g/mol. The van der Waals surface area contributed by atoms with Crippen molar-refractivity contribution in [3.8, 4) is 0 Å². The molecule has 2 aliphatic carbocycles. The Morgan fingerprint density at radius 1 is 1.08 bits per heavy atom. The first-order chi connectivity index (χ1) is 17.0. The van der Waals surface area contributed by atoms with E-state index in [2.05, 4.69) is 31.1 Å². The quantitative estimate of drug-likeness (QED) is 0.580. The number of piperidine rings is 1. The maximum atomic E-state index is 13.8. The van der Waals surface area contributed by atoms with Gasteiger partial charge in [0.25, 0.3) is 5.91 Å². The van der Waals surface area contributed by atoms with Crippen LogP contribution in [0.5, 0.6) is 0 Å². The van der Waals surface area contributed by atoms with Gasteiger partial charge in [-0.3, -0.25) is 9.59 Å². The number of likely N-dealkylation sites (tertiary alicyclic amines) is 1. The van der Waals surface area contributed by atoms with Gasteiger partial charge in [-0.25, -0.2) is 13.8 Å². The highest BCUT2D eigenvalue weighted by molar-refractivity contribution is 6.00. The SMILES string of the molecule is CC(C)(C)c1nc2c(CC3CCC(F)(F)CC3)c(C(=O)N3CCC(NC(=O)C4CC4)CC3)ccc2[nH]1. The second-order valence-corrected chi connectivity index (χ2v) is 12.2. The predicted molar refractivity (Wildman–Crippen MR) is 135 cm³/mol. The summed E-state index contributed by atoms with van der Waals surface area (Å²) in [5, 5.41) is 3.14. The fourth-order valence-electron chi connectivity index (χ4n) is 5.55. The van der Waals surface area contributed by atoms with Gasteiger partial charge in [0, 0.05) is 48.9 Å². The largest absolute Gasteiger partial charge is 0.353 e. The fourth-order valence-corrected chi connectivity index (χ4v) is 5.55. The summed E-state index contributed by atoms with van der Waals surface area (Å²) < 4.78 is 27.6. The first kappa shape index (κ1) is 25.2. The molecular formula is C28H38F2N4O2. The van der Waals surface area contributed by atoms with Crippen LogP contribution < -0.4 is 5.32 Å². The van der Waals surface area contributed by atoms with E-state index in [1.165, 1.54) is 0 Å². The number of carbonyl (C=O) groups is 2. The number of amides is 2. The molecule has 2 amide bonds. The summed E-state index contributed by atoms with van der Waals surface area (Å²) >= 11 is 0. The molecule has 2 heterocycles. The van der Waals surface area contributed by atoms with Gasteiger partial charge in [0.15, 0.2) is 0 Å². The molecule has 1 aromatic heterocycles. The summed E-state index contributed by atoms with van der Waals surface area (Å²) in [6.07, 6.45) is 4.77. The minimum absolute atomic E-state index is 0.0275. The van der Waals surface area contributed by atoms with Gasteiger partial charge in [0.2, 0.25) is 11.8 Å². The molecule has 1 aromatic carbocycles. The van der Waals surface area contributed by atoms with E-state index in [-0.39, 0.29) is 47.9 Å². The van der Waals surface area contributed by atoms with Gasteiger partial charge >= 0.3 is 0 Å². The van der Waals surface area contributed by atoms with Crippen LogP contribution >= 0.6 is 0 Å². The van der Waals surface area contributed by atoms with Crippen LogP contribution in [-0.4, -0.2) is 51.7 Å². The lowest BCUT2D eigenvalue weighted by Crippen LogP contribution is -2.47. The number of alkyl halides is 2. The van der Waals surface area contributed by atoms with E-state index >= 15 is 0 Å². The number of nitrogens with zero attached hydrogens (tertiary/aromatic N) is 2. The smallest absolute Gasteiger partial charge is 0.254 e.